The van der Waals surface area contributed by atoms with E-state index in [9.17, 15) is 0 Å². The molecule has 0 N–H and O–H groups in total. The van der Waals surface area contributed by atoms with Gasteiger partial charge in [-0.1, -0.05) is 86.7 Å². The first-order chi connectivity index (χ1) is 47.3. The Bertz CT molecular complexity index is 8380. The van der Waals surface area contributed by atoms with Crippen molar-refractivity contribution < 1.29 is 4.74 Å². The smallest absolute Gasteiger partial charge is 0.119 e. The lowest BCUT2D eigenvalue weighted by Crippen LogP contribution is -2.51. The van der Waals surface area contributed by atoms with Gasteiger partial charge in [0.05, 0.1) is 28.8 Å². The molecule has 31 aromatic carbocycles. The number of benzene rings is 21. The van der Waals surface area contributed by atoms with Crippen molar-refractivity contribution in [3.05, 3.63) is 101 Å². The molecule has 0 amide bonds. The number of hydrogen-bond acceptors (Lipinski definition) is 4. The highest BCUT2D eigenvalue weighted by Gasteiger charge is 2.76. The predicted octanol–water partition coefficient (Wildman–Crippen LogP) is 24.8. The fourth-order valence-corrected chi connectivity index (χ4v) is 31.0. The molecule has 2 aliphatic heterocycles. The quantitative estimate of drug-likeness (QED) is 0.0844. The van der Waals surface area contributed by atoms with Gasteiger partial charge in [0.1, 0.15) is 5.75 Å². The predicted molar refractivity (Wildman–Crippen MR) is 402 cm³/mol. The number of likely N-dealkylation sites (N-methyl/N-ethyl adjacent to an activating group) is 1. The number of hydrogen-bond donors (Lipinski definition) is 0. The van der Waals surface area contributed by atoms with E-state index >= 15 is 0 Å². The van der Waals surface area contributed by atoms with Crippen LogP contribution in [0.5, 0.6) is 5.75 Å². The van der Waals surface area contributed by atoms with Gasteiger partial charge in [-0.2, -0.15) is 0 Å². The Labute approximate surface area is 536 Å². The summed E-state index contributed by atoms with van der Waals surface area (Å²) in [5.74, 6) is 1.03. The molecule has 0 saturated carbocycles. The van der Waals surface area contributed by atoms with E-state index < -0.39 is 0 Å². The van der Waals surface area contributed by atoms with Crippen LogP contribution in [0.1, 0.15) is 85.2 Å². The van der Waals surface area contributed by atoms with Crippen molar-refractivity contribution in [1.82, 2.24) is 4.90 Å². The lowest BCUT2D eigenvalue weighted by atomic mass is 9.47. The van der Waals surface area contributed by atoms with Crippen LogP contribution in [0.15, 0.2) is 82.6 Å². The highest BCUT2D eigenvalue weighted by Crippen LogP contribution is 2.87. The van der Waals surface area contributed by atoms with Gasteiger partial charge in [-0.25, -0.2) is 0 Å². The first-order valence-corrected chi connectivity index (χ1v) is 36.9. The maximum Gasteiger partial charge on any atom is 0.119 e. The molecular formula is C91H38N2OS. The molecule has 1 saturated heterocycles. The van der Waals surface area contributed by atoms with Gasteiger partial charge < -0.3 is 9.64 Å². The Hall–Kier alpha value is -9.97. The number of para-hydroxylation sites is 2. The normalized spacial score (nSPS) is 21.1. The molecule has 0 radical (unpaired) electrons. The first kappa shape index (κ1) is 41.7. The van der Waals surface area contributed by atoms with Crippen LogP contribution in [0.3, 0.4) is 0 Å². The van der Waals surface area contributed by atoms with Crippen LogP contribution >= 0.6 is 11.8 Å². The van der Waals surface area contributed by atoms with Crippen molar-refractivity contribution >= 4 is 314 Å². The molecule has 1 unspecified atom stereocenters. The molecule has 4 aliphatic carbocycles. The third-order valence-corrected chi connectivity index (χ3v) is 32.3. The number of ether oxygens (including phenoxy) is 1. The summed E-state index contributed by atoms with van der Waals surface area (Å²) in [6.07, 6.45) is 10.1. The maximum absolute atomic E-state index is 6.84. The van der Waals surface area contributed by atoms with Crippen molar-refractivity contribution in [3.63, 3.8) is 0 Å². The molecule has 0 aromatic heterocycles. The zero-order valence-electron chi connectivity index (χ0n) is 51.0. The van der Waals surface area contributed by atoms with Crippen LogP contribution < -0.4 is 9.64 Å². The number of nitrogens with zero attached hydrogens (tertiary/aromatic N) is 2. The molecule has 0 bridgehead atoms. The summed E-state index contributed by atoms with van der Waals surface area (Å²) in [4.78, 5) is 8.29. The molecule has 1 atom stereocenters. The summed E-state index contributed by atoms with van der Waals surface area (Å²) in [5.41, 5.74) is 10.6. The summed E-state index contributed by atoms with van der Waals surface area (Å²) < 4.78 is 6.84. The van der Waals surface area contributed by atoms with E-state index in [1.807, 2.05) is 11.8 Å². The van der Waals surface area contributed by atoms with Gasteiger partial charge in [0, 0.05) is 28.9 Å². The van der Waals surface area contributed by atoms with Crippen molar-refractivity contribution in [1.29, 1.82) is 0 Å². The lowest BCUT2D eigenvalue weighted by molar-refractivity contribution is 0.270. The Kier molecular flexibility index (Phi) is 4.89. The largest absolute Gasteiger partial charge is 0.494 e. The van der Waals surface area contributed by atoms with Crippen LogP contribution in [0.2, 0.25) is 0 Å². The minimum Gasteiger partial charge on any atom is -0.494 e. The number of unbranched alkanes of at least 4 members (excludes halogenated alkanes) is 7. The Balaban J connectivity index is 0.596. The lowest BCUT2D eigenvalue weighted by Gasteiger charge is -2.52. The molecule has 2 spiro atoms. The fraction of sp³-hybridized carbons (Fsp3) is 0.165. The van der Waals surface area contributed by atoms with Gasteiger partial charge in [-0.3, -0.25) is 4.90 Å². The number of rotatable bonds is 13. The van der Waals surface area contributed by atoms with Gasteiger partial charge in [0.2, 0.25) is 0 Å². The highest BCUT2D eigenvalue weighted by molar-refractivity contribution is 7.99. The van der Waals surface area contributed by atoms with E-state index in [4.69, 9.17) is 4.74 Å². The molecule has 3 nitrogen and oxygen atoms in total. The van der Waals surface area contributed by atoms with Crippen LogP contribution in [0.25, 0.3) is 291 Å². The van der Waals surface area contributed by atoms with E-state index in [0.717, 1.165) is 31.9 Å². The van der Waals surface area contributed by atoms with Gasteiger partial charge in [0.15, 0.2) is 0 Å². The third kappa shape index (κ3) is 2.92. The summed E-state index contributed by atoms with van der Waals surface area (Å²) in [6, 6.07) is 28.0. The van der Waals surface area contributed by atoms with E-state index in [0.29, 0.717) is 0 Å². The fourth-order valence-electron chi connectivity index (χ4n) is 29.9. The second-order valence-electron chi connectivity index (χ2n) is 33.2. The van der Waals surface area contributed by atoms with Gasteiger partial charge >= 0.3 is 0 Å². The van der Waals surface area contributed by atoms with Gasteiger partial charge in [-0.05, 0) is 375 Å². The number of fused-ring (bicyclic) bond motifs is 2. The summed E-state index contributed by atoms with van der Waals surface area (Å²) in [5, 5.41) is 90.1. The van der Waals surface area contributed by atoms with Crippen molar-refractivity contribution in [3.8, 4) is 5.75 Å². The Morgan fingerprint density at radius 3 is 0.916 bits per heavy atom. The first-order valence-electron chi connectivity index (χ1n) is 36.1. The third-order valence-electron chi connectivity index (χ3n) is 31.2. The summed E-state index contributed by atoms with van der Waals surface area (Å²) in [6.45, 7) is 2.88. The van der Waals surface area contributed by atoms with Gasteiger partial charge in [0.25, 0.3) is 0 Å². The monoisotopic (exact) mass is 1210 g/mol. The molecule has 6 aliphatic rings. The standard InChI is InChI=1S/C91H38N2OS/c1-92-24-90-85-77-69-59-49-41-33-31-32-35-39-37(33)45-53-47(39)57-51-43(35)44-36(32)40-38-34(31)42(41)50-56-46(38)54-48(40)58-52(44)62-61(51)73-67(57)75-65(53)71(63(69)55(45)49)79(85)81(75)87-83(73)84-74(62)68(58)76-66(54)72-64(56)70(60(50)59)78(77)86(90)80(72)82(76)88(84)91(87,90)89(92)25-18-20-26(21-19-25)94-23-13-7-5-3-2-4-6-12-22-93-27-14-8-10-16-29(27)95-30-17-11-9-15-28(30)93/h8-11,14-21,89H,2-7,12-13,22-24H2,1H3. The van der Waals surface area contributed by atoms with Crippen LogP contribution in [0.4, 0.5) is 11.4 Å². The van der Waals surface area contributed by atoms with Crippen molar-refractivity contribution in [2.24, 2.45) is 0 Å². The number of likely N-dealkylation sites (tertiary alicyclic amines) is 1. The van der Waals surface area contributed by atoms with Gasteiger partial charge in [-0.15, -0.1) is 0 Å². The molecule has 95 heavy (non-hydrogen) atoms. The maximum atomic E-state index is 6.84. The zero-order valence-corrected chi connectivity index (χ0v) is 51.8. The molecule has 37 rings (SSSR count). The summed E-state index contributed by atoms with van der Waals surface area (Å²) in [7, 11) is 2.59. The zero-order chi connectivity index (χ0) is 58.4. The second-order valence-corrected chi connectivity index (χ2v) is 34.3. The molecule has 4 heteroatoms. The van der Waals surface area contributed by atoms with Crippen LogP contribution in [0, 0.1) is 0 Å². The molecular weight excluding hydrogens is 1170 g/mol. The van der Waals surface area contributed by atoms with E-state index in [1.165, 1.54) is 71.7 Å². The van der Waals surface area contributed by atoms with E-state index in [1.54, 1.807) is 313 Å². The van der Waals surface area contributed by atoms with E-state index in [2.05, 4.69) is 89.6 Å². The van der Waals surface area contributed by atoms with Crippen LogP contribution in [-0.4, -0.2) is 31.6 Å². The molecule has 31 aromatic rings. The molecule has 2 heterocycles. The second kappa shape index (κ2) is 11.1. The summed E-state index contributed by atoms with van der Waals surface area (Å²) >= 11 is 1.91. The van der Waals surface area contributed by atoms with Crippen molar-refractivity contribution in [2.45, 2.75) is 78.0 Å². The average Bonchev–Trinajstić information content (AvgIpc) is 1.38. The molecule has 424 valence electrons. The minimum atomic E-state index is -0.361. The topological polar surface area (TPSA) is 15.7 Å². The highest BCUT2D eigenvalue weighted by atomic mass is 32.2. The average molecular weight is 1210 g/mol. The Morgan fingerprint density at radius 2 is 0.589 bits per heavy atom. The number of anilines is 2. The SMILES string of the molecule is CN1CC23c4c5c6c7c8c9c(c%10c%11c2c2c4c4c%12c5c5c6c6c8c8c%13c9c9c%10c%10c%11c%11c2c2c4c4c%12c%12c5c5c6c8c6c8c%13c9c9c%10c%10c%11c2c2c4c4c%12c5c6c5c8c9c%10c2c45)C73C1c1ccc(OCCCCCCCCCCN2c3ccccc3Sc3ccccc32)cc1. The van der Waals surface area contributed by atoms with Crippen molar-refractivity contribution in [2.75, 3.05) is 31.6 Å². The Morgan fingerprint density at radius 1 is 0.316 bits per heavy atom. The van der Waals surface area contributed by atoms with E-state index in [-0.39, 0.29) is 16.9 Å². The minimum absolute atomic E-state index is 0.115. The molecule has 1 fully saturated rings. The van der Waals surface area contributed by atoms with Crippen LogP contribution in [-0.2, 0) is 10.8 Å².